The van der Waals surface area contributed by atoms with E-state index in [0.717, 1.165) is 25.9 Å². The van der Waals surface area contributed by atoms with E-state index in [1.54, 1.807) is 0 Å². The summed E-state index contributed by atoms with van der Waals surface area (Å²) in [4.78, 5) is 16.8. The van der Waals surface area contributed by atoms with Crippen molar-refractivity contribution in [1.82, 2.24) is 9.80 Å². The molecule has 0 saturated carbocycles. The van der Waals surface area contributed by atoms with E-state index < -0.39 is 0 Å². The second-order valence-electron chi connectivity index (χ2n) is 5.62. The summed E-state index contributed by atoms with van der Waals surface area (Å²) in [6.45, 7) is 6.48. The number of hydrogen-bond acceptors (Lipinski definition) is 2. The zero-order valence-corrected chi connectivity index (χ0v) is 10.8. The minimum Gasteiger partial charge on any atom is -0.334 e. The fourth-order valence-corrected chi connectivity index (χ4v) is 3.07. The molecule has 0 aliphatic carbocycles. The number of piperazine rings is 1. The van der Waals surface area contributed by atoms with Crippen LogP contribution in [0.3, 0.4) is 0 Å². The molecule has 3 atom stereocenters. The highest BCUT2D eigenvalue weighted by atomic mass is 16.2. The van der Waals surface area contributed by atoms with Gasteiger partial charge in [0, 0.05) is 31.6 Å². The topological polar surface area (TPSA) is 23.6 Å². The van der Waals surface area contributed by atoms with Gasteiger partial charge in [-0.05, 0) is 25.8 Å². The van der Waals surface area contributed by atoms with Gasteiger partial charge in [0.1, 0.15) is 0 Å². The standard InChI is InChI=1S/C13H24N2O/c1-4-10(2)7-13(16)15-11-5-6-12(15)9-14(3)8-11/h10-12H,4-9H2,1-3H3. The first-order chi connectivity index (χ1) is 7.61. The first kappa shape index (κ1) is 11.9. The largest absolute Gasteiger partial charge is 0.334 e. The highest BCUT2D eigenvalue weighted by Gasteiger charge is 2.41. The summed E-state index contributed by atoms with van der Waals surface area (Å²) in [5, 5.41) is 0. The molecule has 3 heteroatoms. The number of fused-ring (bicyclic) bond motifs is 2. The summed E-state index contributed by atoms with van der Waals surface area (Å²) >= 11 is 0. The van der Waals surface area contributed by atoms with Gasteiger partial charge in [-0.15, -0.1) is 0 Å². The molecule has 1 amide bonds. The van der Waals surface area contributed by atoms with Crippen LogP contribution in [0, 0.1) is 5.92 Å². The number of carbonyl (C=O) groups is 1. The smallest absolute Gasteiger partial charge is 0.223 e. The fourth-order valence-electron chi connectivity index (χ4n) is 3.07. The Labute approximate surface area is 98.8 Å². The van der Waals surface area contributed by atoms with Crippen LogP contribution in [0.15, 0.2) is 0 Å². The SMILES string of the molecule is CCC(C)CC(=O)N1C2CCC1CN(C)C2. The Morgan fingerprint density at radius 3 is 2.38 bits per heavy atom. The number of amides is 1. The highest BCUT2D eigenvalue weighted by molar-refractivity contribution is 5.77. The molecular weight excluding hydrogens is 200 g/mol. The van der Waals surface area contributed by atoms with Gasteiger partial charge in [-0.3, -0.25) is 4.79 Å². The van der Waals surface area contributed by atoms with Crippen LogP contribution in [0.2, 0.25) is 0 Å². The zero-order valence-electron chi connectivity index (χ0n) is 10.8. The summed E-state index contributed by atoms with van der Waals surface area (Å²) in [5.41, 5.74) is 0. The minimum absolute atomic E-state index is 0.398. The lowest BCUT2D eigenvalue weighted by Gasteiger charge is -2.40. The molecule has 16 heavy (non-hydrogen) atoms. The Morgan fingerprint density at radius 2 is 1.88 bits per heavy atom. The van der Waals surface area contributed by atoms with Gasteiger partial charge in [0.15, 0.2) is 0 Å². The van der Waals surface area contributed by atoms with Crippen molar-refractivity contribution in [2.45, 2.75) is 51.6 Å². The molecule has 0 radical (unpaired) electrons. The van der Waals surface area contributed by atoms with E-state index >= 15 is 0 Å². The van der Waals surface area contributed by atoms with Crippen molar-refractivity contribution in [3.8, 4) is 0 Å². The second kappa shape index (κ2) is 4.74. The van der Waals surface area contributed by atoms with E-state index in [4.69, 9.17) is 0 Å². The lowest BCUT2D eigenvalue weighted by atomic mass is 10.0. The lowest BCUT2D eigenvalue weighted by Crippen LogP contribution is -2.54. The maximum Gasteiger partial charge on any atom is 0.223 e. The molecule has 3 unspecified atom stereocenters. The molecule has 2 aliphatic rings. The van der Waals surface area contributed by atoms with Gasteiger partial charge in [-0.1, -0.05) is 20.3 Å². The monoisotopic (exact) mass is 224 g/mol. The third kappa shape index (κ3) is 2.24. The molecule has 2 rings (SSSR count). The summed E-state index contributed by atoms with van der Waals surface area (Å²) in [6, 6.07) is 1.00. The van der Waals surface area contributed by atoms with Crippen LogP contribution in [0.1, 0.15) is 39.5 Å². The van der Waals surface area contributed by atoms with Crippen LogP contribution < -0.4 is 0 Å². The van der Waals surface area contributed by atoms with Gasteiger partial charge in [-0.2, -0.15) is 0 Å². The van der Waals surface area contributed by atoms with Gasteiger partial charge in [0.2, 0.25) is 5.91 Å². The Kier molecular flexibility index (Phi) is 3.53. The van der Waals surface area contributed by atoms with Gasteiger partial charge < -0.3 is 9.80 Å². The van der Waals surface area contributed by atoms with Crippen LogP contribution in [0.4, 0.5) is 0 Å². The quantitative estimate of drug-likeness (QED) is 0.729. The van der Waals surface area contributed by atoms with Gasteiger partial charge in [0.05, 0.1) is 0 Å². The van der Waals surface area contributed by atoms with Crippen molar-refractivity contribution in [3.05, 3.63) is 0 Å². The maximum absolute atomic E-state index is 12.2. The van der Waals surface area contributed by atoms with E-state index in [-0.39, 0.29) is 0 Å². The third-order valence-corrected chi connectivity index (χ3v) is 4.17. The Bertz CT molecular complexity index is 253. The van der Waals surface area contributed by atoms with E-state index in [9.17, 15) is 4.79 Å². The van der Waals surface area contributed by atoms with Crippen molar-refractivity contribution in [2.24, 2.45) is 5.92 Å². The van der Waals surface area contributed by atoms with Crippen LogP contribution in [-0.4, -0.2) is 47.9 Å². The summed E-state index contributed by atoms with van der Waals surface area (Å²) < 4.78 is 0. The molecule has 2 aliphatic heterocycles. The van der Waals surface area contributed by atoms with E-state index in [1.165, 1.54) is 12.8 Å². The first-order valence-corrected chi connectivity index (χ1v) is 6.61. The van der Waals surface area contributed by atoms with Crippen molar-refractivity contribution >= 4 is 5.91 Å². The molecular formula is C13H24N2O. The van der Waals surface area contributed by atoms with Crippen molar-refractivity contribution in [3.63, 3.8) is 0 Å². The fraction of sp³-hybridized carbons (Fsp3) is 0.923. The van der Waals surface area contributed by atoms with Gasteiger partial charge in [-0.25, -0.2) is 0 Å². The number of hydrogen-bond donors (Lipinski definition) is 0. The van der Waals surface area contributed by atoms with Gasteiger partial charge >= 0.3 is 0 Å². The Balaban J connectivity index is 1.97. The third-order valence-electron chi connectivity index (χ3n) is 4.17. The van der Waals surface area contributed by atoms with E-state index in [0.29, 0.717) is 23.9 Å². The number of likely N-dealkylation sites (tertiary alicyclic amines) is 1. The molecule has 0 N–H and O–H groups in total. The van der Waals surface area contributed by atoms with E-state index in [2.05, 4.69) is 30.7 Å². The molecule has 92 valence electrons. The van der Waals surface area contributed by atoms with Crippen molar-refractivity contribution in [1.29, 1.82) is 0 Å². The lowest BCUT2D eigenvalue weighted by molar-refractivity contribution is -0.137. The van der Waals surface area contributed by atoms with Crippen molar-refractivity contribution in [2.75, 3.05) is 20.1 Å². The number of rotatable bonds is 3. The maximum atomic E-state index is 12.2. The zero-order chi connectivity index (χ0) is 11.7. The summed E-state index contributed by atoms with van der Waals surface area (Å²) in [6.07, 6.45) is 4.27. The van der Waals surface area contributed by atoms with Crippen molar-refractivity contribution < 1.29 is 4.79 Å². The normalized spacial score (nSPS) is 31.8. The average Bonchev–Trinajstić information content (AvgIpc) is 2.51. The number of carbonyl (C=O) groups excluding carboxylic acids is 1. The Hall–Kier alpha value is -0.570. The molecule has 3 nitrogen and oxygen atoms in total. The highest BCUT2D eigenvalue weighted by Crippen LogP contribution is 2.30. The molecule has 0 spiro atoms. The van der Waals surface area contributed by atoms with Crippen LogP contribution in [0.25, 0.3) is 0 Å². The van der Waals surface area contributed by atoms with E-state index in [1.807, 2.05) is 0 Å². The Morgan fingerprint density at radius 1 is 1.31 bits per heavy atom. The van der Waals surface area contributed by atoms with Crippen LogP contribution in [-0.2, 0) is 4.79 Å². The summed E-state index contributed by atoms with van der Waals surface area (Å²) in [7, 11) is 2.17. The predicted octanol–water partition coefficient (Wildman–Crippen LogP) is 1.73. The second-order valence-corrected chi connectivity index (χ2v) is 5.62. The molecule has 2 heterocycles. The molecule has 0 aromatic carbocycles. The minimum atomic E-state index is 0.398. The van der Waals surface area contributed by atoms with Crippen LogP contribution in [0.5, 0.6) is 0 Å². The predicted molar refractivity (Wildman–Crippen MR) is 65.2 cm³/mol. The molecule has 0 aromatic heterocycles. The average molecular weight is 224 g/mol. The summed E-state index contributed by atoms with van der Waals surface area (Å²) in [5.74, 6) is 0.932. The number of nitrogens with zero attached hydrogens (tertiary/aromatic N) is 2. The number of likely N-dealkylation sites (N-methyl/N-ethyl adjacent to an activating group) is 1. The molecule has 2 saturated heterocycles. The molecule has 2 bridgehead atoms. The molecule has 0 aromatic rings. The van der Waals surface area contributed by atoms with Gasteiger partial charge in [0.25, 0.3) is 0 Å². The van der Waals surface area contributed by atoms with Crippen LogP contribution >= 0.6 is 0 Å². The molecule has 2 fully saturated rings. The first-order valence-electron chi connectivity index (χ1n) is 6.61.